The Morgan fingerprint density at radius 3 is 1.78 bits per heavy atom. The van der Waals surface area contributed by atoms with Gasteiger partial charge in [0.05, 0.1) is 0 Å². The second-order valence-corrected chi connectivity index (χ2v) is 12.2. The van der Waals surface area contributed by atoms with Crippen LogP contribution < -0.4 is 9.72 Å². The Balaban J connectivity index is 0.00000374. The summed E-state index contributed by atoms with van der Waals surface area (Å²) in [6.07, 6.45) is 0. The third kappa shape index (κ3) is 6.54. The van der Waals surface area contributed by atoms with Crippen LogP contribution in [0.25, 0.3) is 77.6 Å². The van der Waals surface area contributed by atoms with Gasteiger partial charge in [-0.05, 0) is 62.9 Å². The van der Waals surface area contributed by atoms with Crippen molar-refractivity contribution in [3.8, 4) is 67.4 Å². The number of pyridine rings is 1. The molecule has 7 aromatic carbocycles. The molecule has 4 heteroatoms. The molecule has 0 spiro atoms. The summed E-state index contributed by atoms with van der Waals surface area (Å²) in [7, 11) is 0. The summed E-state index contributed by atoms with van der Waals surface area (Å²) in [5.74, 6) is 1.14. The number of hydrogen-bond acceptors (Lipinski definition) is 2. The van der Waals surface area contributed by atoms with Crippen LogP contribution in [-0.2, 0) is 22.4 Å². The Morgan fingerprint density at radius 2 is 1.10 bits per heavy atom. The average Bonchev–Trinajstić information content (AvgIpc) is 3.57. The number of aromatic nitrogens is 2. The van der Waals surface area contributed by atoms with Crippen LogP contribution in [0.2, 0.25) is 0 Å². The summed E-state index contributed by atoms with van der Waals surface area (Å²) in [6, 6.07) is 67.1. The molecule has 0 unspecified atom stereocenters. The van der Waals surface area contributed by atoms with E-state index in [2.05, 4.69) is 133 Å². The van der Waals surface area contributed by atoms with Gasteiger partial charge in [0.25, 0.3) is 0 Å². The van der Waals surface area contributed by atoms with Crippen molar-refractivity contribution in [1.82, 2.24) is 9.97 Å². The third-order valence-electron chi connectivity index (χ3n) is 9.00. The maximum atomic E-state index is 6.70. The monoisotopic (exact) mass is 834 g/mol. The van der Waals surface area contributed by atoms with Gasteiger partial charge >= 0.3 is 22.4 Å². The molecule has 0 saturated carbocycles. The van der Waals surface area contributed by atoms with Crippen LogP contribution in [0.15, 0.2) is 176 Å². The smallest absolute Gasteiger partial charge is 0.654 e. The molecule has 0 bridgehead atoms. The first-order valence-electron chi connectivity index (χ1n) is 16.7. The van der Waals surface area contributed by atoms with E-state index in [1.165, 1.54) is 5.56 Å². The molecule has 0 aliphatic rings. The maximum Gasteiger partial charge on any atom is 3.00 e. The minimum Gasteiger partial charge on any atom is -0.654 e. The molecule has 0 fully saturated rings. The number of hydrogen-bond donors (Lipinski definition) is 0. The summed E-state index contributed by atoms with van der Waals surface area (Å²) < 4.78 is 6.70. The van der Waals surface area contributed by atoms with Crippen LogP contribution in [0.4, 0.5) is 0 Å². The minimum atomic E-state index is 0. The van der Waals surface area contributed by atoms with Crippen LogP contribution in [-0.4, -0.2) is 4.98 Å². The van der Waals surface area contributed by atoms with E-state index in [9.17, 15) is 0 Å². The quantitative estimate of drug-likeness (QED) is 0.119. The molecule has 9 rings (SSSR count). The van der Waals surface area contributed by atoms with Crippen molar-refractivity contribution >= 4 is 21.8 Å². The molecule has 0 radical (unpaired) electrons. The molecule has 9 aromatic rings. The zero-order valence-corrected chi connectivity index (χ0v) is 29.5. The van der Waals surface area contributed by atoms with E-state index in [1.54, 1.807) is 0 Å². The Labute approximate surface area is 312 Å². The normalized spacial score (nSPS) is 11.0. The zero-order chi connectivity index (χ0) is 33.3. The maximum absolute atomic E-state index is 6.70. The first kappa shape index (κ1) is 32.2. The fourth-order valence-corrected chi connectivity index (χ4v) is 6.53. The van der Waals surface area contributed by atoms with E-state index in [1.807, 2.05) is 54.6 Å². The summed E-state index contributed by atoms with van der Waals surface area (Å²) in [5, 5.41) is 2.13. The fourth-order valence-electron chi connectivity index (χ4n) is 6.53. The molecule has 0 atom stereocenters. The van der Waals surface area contributed by atoms with E-state index >= 15 is 0 Å². The number of rotatable bonds is 7. The predicted octanol–water partition coefficient (Wildman–Crippen LogP) is 12.1. The van der Waals surface area contributed by atoms with Crippen molar-refractivity contribution in [2.75, 3.05) is 0 Å². The molecule has 0 aliphatic heterocycles. The van der Waals surface area contributed by atoms with Gasteiger partial charge in [0.2, 0.25) is 5.88 Å². The van der Waals surface area contributed by atoms with Crippen LogP contribution in [0.5, 0.6) is 11.6 Å². The van der Waals surface area contributed by atoms with Gasteiger partial charge in [-0.2, -0.15) is 42.0 Å². The largest absolute Gasteiger partial charge is 3.00 e. The van der Waals surface area contributed by atoms with Crippen LogP contribution in [0, 0.1) is 12.1 Å². The zero-order valence-electron chi connectivity index (χ0n) is 27.3. The first-order valence-corrected chi connectivity index (χ1v) is 16.7. The molecule has 0 amide bonds. The van der Waals surface area contributed by atoms with E-state index in [4.69, 9.17) is 14.7 Å². The fraction of sp³-hybridized carbons (Fsp3) is 0. The molecular weight excluding hydrogens is 805 g/mol. The van der Waals surface area contributed by atoms with E-state index in [0.717, 1.165) is 72.0 Å². The number of fused-ring (bicyclic) bond motifs is 3. The second-order valence-electron chi connectivity index (χ2n) is 12.2. The molecule has 0 N–H and O–H groups in total. The first-order chi connectivity index (χ1) is 24.7. The van der Waals surface area contributed by atoms with E-state index < -0.39 is 0 Å². The summed E-state index contributed by atoms with van der Waals surface area (Å²) >= 11 is 0. The number of ether oxygens (including phenoxy) is 1. The topological polar surface area (TPSA) is 36.2 Å². The van der Waals surface area contributed by atoms with Crippen LogP contribution >= 0.6 is 0 Å². The Morgan fingerprint density at radius 1 is 0.471 bits per heavy atom. The second kappa shape index (κ2) is 14.1. The van der Waals surface area contributed by atoms with Crippen molar-refractivity contribution < 1.29 is 27.1 Å². The van der Waals surface area contributed by atoms with Crippen molar-refractivity contribution in [3.63, 3.8) is 0 Å². The van der Waals surface area contributed by atoms with Gasteiger partial charge in [-0.15, -0.1) is 23.2 Å². The molecule has 244 valence electrons. The molecule has 3 nitrogen and oxygen atoms in total. The van der Waals surface area contributed by atoms with Crippen LogP contribution in [0.3, 0.4) is 0 Å². The van der Waals surface area contributed by atoms with Crippen molar-refractivity contribution in [1.29, 1.82) is 0 Å². The van der Waals surface area contributed by atoms with Gasteiger partial charge in [0.15, 0.2) is 0 Å². The summed E-state index contributed by atoms with van der Waals surface area (Å²) in [6.45, 7) is 0. The van der Waals surface area contributed by atoms with Crippen molar-refractivity contribution in [2.45, 2.75) is 0 Å². The van der Waals surface area contributed by atoms with Crippen molar-refractivity contribution in [2.24, 2.45) is 0 Å². The average molecular weight is 835 g/mol. The summed E-state index contributed by atoms with van der Waals surface area (Å²) in [4.78, 5) is 10.1. The van der Waals surface area contributed by atoms with Gasteiger partial charge in [-0.25, -0.2) is 5.56 Å². The van der Waals surface area contributed by atoms with Gasteiger partial charge in [0, 0.05) is 5.69 Å². The van der Waals surface area contributed by atoms with E-state index in [-0.39, 0.29) is 22.4 Å². The van der Waals surface area contributed by atoms with Gasteiger partial charge < -0.3 is 9.72 Å². The van der Waals surface area contributed by atoms with Gasteiger partial charge in [-0.1, -0.05) is 126 Å². The predicted molar refractivity (Wildman–Crippen MR) is 204 cm³/mol. The van der Waals surface area contributed by atoms with Crippen molar-refractivity contribution in [3.05, 3.63) is 188 Å². The minimum absolute atomic E-state index is 0. The van der Waals surface area contributed by atoms with Gasteiger partial charge in [-0.3, -0.25) is 4.98 Å². The SMILES string of the molecule is [Au+3].[c-]1ccccc1-c1[c-]c(-c2cccc(Oc3cc(-c4ccccc4)cc4c3[n-]c3ccc(-c5ccccc5)cc34)n2)cc(-c2ccccc2)c1. The molecule has 2 aromatic heterocycles. The molecule has 51 heavy (non-hydrogen) atoms. The van der Waals surface area contributed by atoms with Crippen LogP contribution in [0.1, 0.15) is 0 Å². The summed E-state index contributed by atoms with van der Waals surface area (Å²) in [5.41, 5.74) is 12.0. The van der Waals surface area contributed by atoms with E-state index in [0.29, 0.717) is 11.6 Å². The molecule has 2 heterocycles. The molecule has 0 aliphatic carbocycles. The Bertz CT molecular complexity index is 2540. The third-order valence-corrected chi connectivity index (χ3v) is 9.00. The van der Waals surface area contributed by atoms with Gasteiger partial charge in [0.1, 0.15) is 5.75 Å². The standard InChI is InChI=1S/C47H29N2O.Au/c1-5-14-32(15-6-1)36-24-25-44-41(29-36)42-30-39(35-20-11-4-12-21-35)31-45(47(42)49-44)50-46-23-13-22-43(48-46)40-27-37(33-16-7-2-8-17-33)26-38(28-40)34-18-9-3-10-19-34;/h1-18,20-27,29-31H;/q-3;+3. The molecular formula is C47H29AuN2O. The number of benzene rings is 7. The molecule has 0 saturated heterocycles. The Hall–Kier alpha value is -5.97. The number of nitrogens with zero attached hydrogens (tertiary/aromatic N) is 2. The Kier molecular flexibility index (Phi) is 8.92.